The van der Waals surface area contributed by atoms with Crippen LogP contribution in [0.4, 0.5) is 0 Å². The quantitative estimate of drug-likeness (QED) is 0.384. The lowest BCUT2D eigenvalue weighted by atomic mass is 10.2. The molecule has 1 amide bonds. The van der Waals surface area contributed by atoms with Crippen molar-refractivity contribution in [3.05, 3.63) is 76.1 Å². The highest BCUT2D eigenvalue weighted by atomic mass is 16.5. The largest absolute Gasteiger partial charge is 0.497 e. The monoisotopic (exact) mass is 381 g/mol. The molecule has 0 aliphatic heterocycles. The molecule has 3 aromatic rings. The molecule has 7 heteroatoms. The molecule has 1 heterocycles. The Morgan fingerprint density at radius 2 is 1.82 bits per heavy atom. The molecule has 1 N–H and O–H groups in total. The summed E-state index contributed by atoms with van der Waals surface area (Å²) in [5, 5.41) is 3.29. The normalized spacial score (nSPS) is 10.5. The van der Waals surface area contributed by atoms with E-state index in [2.05, 4.69) is 5.32 Å². The average Bonchev–Trinajstić information content (AvgIpc) is 2.72. The number of rotatable bonds is 7. The molecule has 0 spiro atoms. The van der Waals surface area contributed by atoms with Crippen molar-refractivity contribution >= 4 is 22.8 Å². The van der Waals surface area contributed by atoms with Gasteiger partial charge in [0.2, 0.25) is 0 Å². The number of carbonyl (C=O) groups is 2. The second-order valence-electron chi connectivity index (χ2n) is 5.96. The molecule has 0 bridgehead atoms. The Kier molecular flexibility index (Phi) is 6.06. The van der Waals surface area contributed by atoms with Crippen molar-refractivity contribution in [2.45, 2.75) is 6.42 Å². The molecule has 144 valence electrons. The van der Waals surface area contributed by atoms with Crippen molar-refractivity contribution in [2.75, 3.05) is 20.3 Å². The van der Waals surface area contributed by atoms with Crippen molar-refractivity contribution < 1.29 is 23.5 Å². The van der Waals surface area contributed by atoms with Crippen molar-refractivity contribution in [3.8, 4) is 5.75 Å². The highest BCUT2D eigenvalue weighted by Crippen LogP contribution is 2.13. The fourth-order valence-electron chi connectivity index (χ4n) is 2.56. The summed E-state index contributed by atoms with van der Waals surface area (Å²) in [6.45, 7) is 0.387. The predicted octanol–water partition coefficient (Wildman–Crippen LogP) is 2.78. The number of nitrogens with one attached hydrogen (secondary N) is 1. The summed E-state index contributed by atoms with van der Waals surface area (Å²) in [6, 6.07) is 15.0. The number of carbonyl (C=O) groups excluding carboxylic acids is 2. The Morgan fingerprint density at radius 3 is 2.57 bits per heavy atom. The van der Waals surface area contributed by atoms with Crippen LogP contribution in [0.25, 0.3) is 11.0 Å². The first-order valence-corrected chi connectivity index (χ1v) is 8.71. The van der Waals surface area contributed by atoms with Crippen molar-refractivity contribution in [1.82, 2.24) is 5.32 Å². The van der Waals surface area contributed by atoms with Gasteiger partial charge >= 0.3 is 11.6 Å². The van der Waals surface area contributed by atoms with Gasteiger partial charge < -0.3 is 19.2 Å². The molecule has 0 radical (unpaired) electrons. The summed E-state index contributed by atoms with van der Waals surface area (Å²) in [4.78, 5) is 36.1. The number of benzene rings is 2. The molecule has 0 aliphatic rings. The van der Waals surface area contributed by atoms with Gasteiger partial charge in [0.1, 0.15) is 16.9 Å². The Labute approximate surface area is 160 Å². The number of fused-ring (bicyclic) bond motifs is 1. The van der Waals surface area contributed by atoms with Crippen LogP contribution in [-0.2, 0) is 4.74 Å². The first-order valence-electron chi connectivity index (χ1n) is 8.71. The zero-order chi connectivity index (χ0) is 19.9. The summed E-state index contributed by atoms with van der Waals surface area (Å²) < 4.78 is 15.3. The molecular weight excluding hydrogens is 362 g/mol. The maximum absolute atomic E-state index is 12.2. The van der Waals surface area contributed by atoms with E-state index in [9.17, 15) is 14.4 Å². The van der Waals surface area contributed by atoms with E-state index in [4.69, 9.17) is 13.9 Å². The molecule has 7 nitrogen and oxygen atoms in total. The van der Waals surface area contributed by atoms with E-state index in [0.29, 0.717) is 28.7 Å². The van der Waals surface area contributed by atoms with Crippen LogP contribution in [0.2, 0.25) is 0 Å². The first-order chi connectivity index (χ1) is 13.6. The van der Waals surface area contributed by atoms with Gasteiger partial charge in [0.25, 0.3) is 5.91 Å². The fraction of sp³-hybridized carbons (Fsp3) is 0.190. The van der Waals surface area contributed by atoms with E-state index in [1.165, 1.54) is 6.07 Å². The Bertz CT molecular complexity index is 1040. The van der Waals surface area contributed by atoms with E-state index < -0.39 is 17.5 Å². The maximum atomic E-state index is 12.2. The van der Waals surface area contributed by atoms with Gasteiger partial charge in [-0.25, -0.2) is 9.59 Å². The topological polar surface area (TPSA) is 94.8 Å². The van der Waals surface area contributed by atoms with Crippen LogP contribution in [0.1, 0.15) is 27.1 Å². The lowest BCUT2D eigenvalue weighted by Gasteiger charge is -2.07. The average molecular weight is 381 g/mol. The highest BCUT2D eigenvalue weighted by Gasteiger charge is 2.13. The predicted molar refractivity (Wildman–Crippen MR) is 103 cm³/mol. The highest BCUT2D eigenvalue weighted by molar-refractivity contribution is 5.96. The van der Waals surface area contributed by atoms with Gasteiger partial charge in [-0.3, -0.25) is 4.79 Å². The van der Waals surface area contributed by atoms with Crippen LogP contribution in [0.15, 0.2) is 63.8 Å². The minimum absolute atomic E-state index is 0.0612. The minimum atomic E-state index is -0.692. The third-order valence-electron chi connectivity index (χ3n) is 4.05. The third-order valence-corrected chi connectivity index (χ3v) is 4.05. The fourth-order valence-corrected chi connectivity index (χ4v) is 2.56. The van der Waals surface area contributed by atoms with Gasteiger partial charge in [0.05, 0.1) is 19.3 Å². The van der Waals surface area contributed by atoms with Gasteiger partial charge in [-0.1, -0.05) is 18.2 Å². The van der Waals surface area contributed by atoms with E-state index in [0.717, 1.165) is 0 Å². The molecule has 0 fully saturated rings. The van der Waals surface area contributed by atoms with Gasteiger partial charge in [0.15, 0.2) is 0 Å². The van der Waals surface area contributed by atoms with Crippen LogP contribution in [0.3, 0.4) is 0 Å². The number of para-hydroxylation sites is 1. The molecule has 1 aromatic heterocycles. The van der Waals surface area contributed by atoms with Crippen LogP contribution >= 0.6 is 0 Å². The summed E-state index contributed by atoms with van der Waals surface area (Å²) in [5.74, 6) is -0.331. The van der Waals surface area contributed by atoms with Crippen LogP contribution in [0.5, 0.6) is 5.75 Å². The molecular formula is C21H19NO6. The SMILES string of the molecule is COc1ccc(C(=O)OCCCNC(=O)c2cc3ccccc3oc2=O)cc1. The first kappa shape index (κ1) is 19.2. The molecule has 2 aromatic carbocycles. The van der Waals surface area contributed by atoms with Crippen LogP contribution < -0.4 is 15.7 Å². The second-order valence-corrected chi connectivity index (χ2v) is 5.96. The summed E-state index contributed by atoms with van der Waals surface area (Å²) >= 11 is 0. The molecule has 3 rings (SSSR count). The van der Waals surface area contributed by atoms with E-state index in [1.807, 2.05) is 0 Å². The number of esters is 1. The summed E-state index contributed by atoms with van der Waals surface area (Å²) in [6.07, 6.45) is 0.409. The number of ether oxygens (including phenoxy) is 2. The molecule has 0 atom stereocenters. The van der Waals surface area contributed by atoms with Gasteiger partial charge in [0, 0.05) is 11.9 Å². The zero-order valence-electron chi connectivity index (χ0n) is 15.3. The smallest absolute Gasteiger partial charge is 0.349 e. The Balaban J connectivity index is 1.47. The van der Waals surface area contributed by atoms with Crippen LogP contribution in [-0.4, -0.2) is 32.1 Å². The van der Waals surface area contributed by atoms with Gasteiger partial charge in [-0.15, -0.1) is 0 Å². The Morgan fingerprint density at radius 1 is 1.07 bits per heavy atom. The third kappa shape index (κ3) is 4.56. The number of methoxy groups -OCH3 is 1. The molecule has 0 unspecified atom stereocenters. The molecule has 0 saturated heterocycles. The lowest BCUT2D eigenvalue weighted by Crippen LogP contribution is -2.29. The summed E-state index contributed by atoms with van der Waals surface area (Å²) in [7, 11) is 1.55. The number of amides is 1. The minimum Gasteiger partial charge on any atom is -0.497 e. The van der Waals surface area contributed by atoms with Crippen LogP contribution in [0, 0.1) is 0 Å². The number of hydrogen-bond donors (Lipinski definition) is 1. The van der Waals surface area contributed by atoms with Gasteiger partial charge in [-0.05, 0) is 42.8 Å². The maximum Gasteiger partial charge on any atom is 0.349 e. The zero-order valence-corrected chi connectivity index (χ0v) is 15.3. The number of hydrogen-bond acceptors (Lipinski definition) is 6. The lowest BCUT2D eigenvalue weighted by molar-refractivity contribution is 0.0501. The summed E-state index contributed by atoms with van der Waals surface area (Å²) in [5.41, 5.74) is 0.0872. The molecule has 28 heavy (non-hydrogen) atoms. The van der Waals surface area contributed by atoms with E-state index in [-0.39, 0.29) is 18.7 Å². The Hall–Kier alpha value is -3.61. The van der Waals surface area contributed by atoms with E-state index in [1.54, 1.807) is 55.6 Å². The van der Waals surface area contributed by atoms with Crippen molar-refractivity contribution in [1.29, 1.82) is 0 Å². The molecule has 0 aliphatic carbocycles. The second kappa shape index (κ2) is 8.85. The van der Waals surface area contributed by atoms with E-state index >= 15 is 0 Å². The van der Waals surface area contributed by atoms with Crippen molar-refractivity contribution in [2.24, 2.45) is 0 Å². The standard InChI is InChI=1S/C21H19NO6/c1-26-16-9-7-14(8-10-16)20(24)27-12-4-11-22-19(23)17-13-15-5-2-3-6-18(15)28-21(17)25/h2-3,5-10,13H,4,11-12H2,1H3,(H,22,23). The molecule has 0 saturated carbocycles. The van der Waals surface area contributed by atoms with Crippen molar-refractivity contribution in [3.63, 3.8) is 0 Å². The van der Waals surface area contributed by atoms with Gasteiger partial charge in [-0.2, -0.15) is 0 Å².